The van der Waals surface area contributed by atoms with Crippen molar-refractivity contribution in [1.29, 1.82) is 0 Å². The number of aryl methyl sites for hydroxylation is 2. The van der Waals surface area contributed by atoms with Crippen LogP contribution in [0.15, 0.2) is 24.3 Å². The fraction of sp³-hybridized carbons (Fsp3) is 0.467. The second-order valence-corrected chi connectivity index (χ2v) is 4.93. The van der Waals surface area contributed by atoms with Crippen molar-refractivity contribution in [2.45, 2.75) is 32.9 Å². The zero-order valence-electron chi connectivity index (χ0n) is 12.3. The normalized spacial score (nSPS) is 12.6. The number of benzene rings is 1. The second kappa shape index (κ2) is 6.63. The van der Waals surface area contributed by atoms with Crippen molar-refractivity contribution < 1.29 is 5.11 Å². The van der Waals surface area contributed by atoms with E-state index < -0.39 is 0 Å². The van der Waals surface area contributed by atoms with Gasteiger partial charge in [0.15, 0.2) is 0 Å². The fourth-order valence-electron chi connectivity index (χ4n) is 2.09. The van der Waals surface area contributed by atoms with Gasteiger partial charge in [-0.25, -0.2) is 0 Å². The summed E-state index contributed by atoms with van der Waals surface area (Å²) < 4.78 is 1.95. The molecular weight excluding hydrogens is 252 g/mol. The molecule has 1 aromatic heterocycles. The van der Waals surface area contributed by atoms with Gasteiger partial charge in [0.1, 0.15) is 11.6 Å². The van der Waals surface area contributed by atoms with Gasteiger partial charge in [-0.2, -0.15) is 0 Å². The lowest BCUT2D eigenvalue weighted by Gasteiger charge is -2.16. The molecule has 1 atom stereocenters. The molecule has 20 heavy (non-hydrogen) atoms. The van der Waals surface area contributed by atoms with Crippen molar-refractivity contribution >= 4 is 0 Å². The van der Waals surface area contributed by atoms with Gasteiger partial charge in [-0.15, -0.1) is 10.2 Å². The predicted octanol–water partition coefficient (Wildman–Crippen LogP) is 1.51. The smallest absolute Gasteiger partial charge is 0.146 e. The van der Waals surface area contributed by atoms with Crippen molar-refractivity contribution in [3.05, 3.63) is 47.0 Å². The highest BCUT2D eigenvalue weighted by Gasteiger charge is 2.12. The molecule has 0 aliphatic rings. The number of aliphatic hydroxyl groups excluding tert-OH is 1. The molecule has 2 aromatic rings. The first-order chi connectivity index (χ1) is 9.65. The van der Waals surface area contributed by atoms with Crippen LogP contribution in [0.1, 0.15) is 35.7 Å². The van der Waals surface area contributed by atoms with E-state index in [1.54, 1.807) is 0 Å². The highest BCUT2D eigenvalue weighted by molar-refractivity contribution is 5.25. The molecule has 0 radical (unpaired) electrons. The number of hydrogen-bond donors (Lipinski definition) is 2. The monoisotopic (exact) mass is 274 g/mol. The summed E-state index contributed by atoms with van der Waals surface area (Å²) in [6.07, 6.45) is 1.02. The van der Waals surface area contributed by atoms with Gasteiger partial charge in [-0.05, 0) is 24.5 Å². The summed E-state index contributed by atoms with van der Waals surface area (Å²) in [7, 11) is 1.94. The summed E-state index contributed by atoms with van der Waals surface area (Å²) in [5.74, 6) is 1.75. The summed E-state index contributed by atoms with van der Waals surface area (Å²) in [6.45, 7) is 4.69. The van der Waals surface area contributed by atoms with Crippen LogP contribution >= 0.6 is 0 Å². The minimum Gasteiger partial charge on any atom is -0.394 e. The SMILES string of the molecule is CCc1ccc([C@H](CO)NCc2nnc(C)n2C)cc1. The van der Waals surface area contributed by atoms with Crippen molar-refractivity contribution in [3.63, 3.8) is 0 Å². The molecule has 0 unspecified atom stereocenters. The van der Waals surface area contributed by atoms with Crippen LogP contribution in [0.25, 0.3) is 0 Å². The number of aliphatic hydroxyl groups is 1. The fourth-order valence-corrected chi connectivity index (χ4v) is 2.09. The summed E-state index contributed by atoms with van der Waals surface area (Å²) in [5.41, 5.74) is 2.39. The molecule has 0 aliphatic heterocycles. The molecule has 0 spiro atoms. The molecule has 0 saturated heterocycles. The zero-order chi connectivity index (χ0) is 14.5. The maximum Gasteiger partial charge on any atom is 0.146 e. The third-order valence-electron chi connectivity index (χ3n) is 3.66. The maximum atomic E-state index is 9.55. The lowest BCUT2D eigenvalue weighted by atomic mass is 10.0. The molecule has 0 saturated carbocycles. The average Bonchev–Trinajstić information content (AvgIpc) is 2.80. The maximum absolute atomic E-state index is 9.55. The molecule has 1 aromatic carbocycles. The molecule has 1 heterocycles. The number of hydrogen-bond acceptors (Lipinski definition) is 4. The van der Waals surface area contributed by atoms with Crippen LogP contribution < -0.4 is 5.32 Å². The van der Waals surface area contributed by atoms with Crippen molar-refractivity contribution in [1.82, 2.24) is 20.1 Å². The zero-order valence-corrected chi connectivity index (χ0v) is 12.3. The number of nitrogens with one attached hydrogen (secondary N) is 1. The van der Waals surface area contributed by atoms with E-state index in [1.807, 2.05) is 18.5 Å². The quantitative estimate of drug-likeness (QED) is 0.838. The first-order valence-electron chi connectivity index (χ1n) is 6.93. The Labute approximate surface area is 119 Å². The summed E-state index contributed by atoms with van der Waals surface area (Å²) in [4.78, 5) is 0. The second-order valence-electron chi connectivity index (χ2n) is 4.93. The lowest BCUT2D eigenvalue weighted by molar-refractivity contribution is 0.242. The van der Waals surface area contributed by atoms with E-state index >= 15 is 0 Å². The van der Waals surface area contributed by atoms with Crippen LogP contribution in [-0.4, -0.2) is 26.5 Å². The Hall–Kier alpha value is -1.72. The Morgan fingerprint density at radius 2 is 1.95 bits per heavy atom. The molecule has 0 aliphatic carbocycles. The molecule has 0 fully saturated rings. The van der Waals surface area contributed by atoms with Gasteiger partial charge in [-0.3, -0.25) is 0 Å². The Balaban J connectivity index is 2.03. The van der Waals surface area contributed by atoms with Gasteiger partial charge in [0.25, 0.3) is 0 Å². The Bertz CT molecular complexity index is 548. The molecular formula is C15H22N4O. The predicted molar refractivity (Wildman–Crippen MR) is 78.2 cm³/mol. The van der Waals surface area contributed by atoms with Crippen LogP contribution in [0.4, 0.5) is 0 Å². The van der Waals surface area contributed by atoms with E-state index in [4.69, 9.17) is 0 Å². The summed E-state index contributed by atoms with van der Waals surface area (Å²) >= 11 is 0. The van der Waals surface area contributed by atoms with Crippen LogP contribution in [0.5, 0.6) is 0 Å². The average molecular weight is 274 g/mol. The molecule has 108 valence electrons. The van der Waals surface area contributed by atoms with E-state index in [2.05, 4.69) is 46.7 Å². The molecule has 5 heteroatoms. The Morgan fingerprint density at radius 1 is 1.25 bits per heavy atom. The topological polar surface area (TPSA) is 63.0 Å². The van der Waals surface area contributed by atoms with Gasteiger partial charge in [0, 0.05) is 7.05 Å². The lowest BCUT2D eigenvalue weighted by Crippen LogP contribution is -2.25. The number of nitrogens with zero attached hydrogens (tertiary/aromatic N) is 3. The Kier molecular flexibility index (Phi) is 4.87. The first-order valence-corrected chi connectivity index (χ1v) is 6.93. The molecule has 2 rings (SSSR count). The van der Waals surface area contributed by atoms with E-state index in [0.29, 0.717) is 6.54 Å². The number of aromatic nitrogens is 3. The van der Waals surface area contributed by atoms with E-state index in [0.717, 1.165) is 23.6 Å². The van der Waals surface area contributed by atoms with Crippen molar-refractivity contribution in [2.75, 3.05) is 6.61 Å². The molecule has 0 bridgehead atoms. The third-order valence-corrected chi connectivity index (χ3v) is 3.66. The van der Waals surface area contributed by atoms with Crippen LogP contribution in [0.2, 0.25) is 0 Å². The summed E-state index contributed by atoms with van der Waals surface area (Å²) in [6, 6.07) is 8.25. The van der Waals surface area contributed by atoms with Gasteiger partial charge in [0.2, 0.25) is 0 Å². The van der Waals surface area contributed by atoms with Crippen molar-refractivity contribution in [2.24, 2.45) is 7.05 Å². The Morgan fingerprint density at radius 3 is 2.45 bits per heavy atom. The first kappa shape index (κ1) is 14.7. The van der Waals surface area contributed by atoms with Crippen LogP contribution in [0.3, 0.4) is 0 Å². The van der Waals surface area contributed by atoms with Gasteiger partial charge >= 0.3 is 0 Å². The van der Waals surface area contributed by atoms with E-state index in [9.17, 15) is 5.11 Å². The van der Waals surface area contributed by atoms with Crippen LogP contribution in [-0.2, 0) is 20.0 Å². The van der Waals surface area contributed by atoms with E-state index in [-0.39, 0.29) is 12.6 Å². The third kappa shape index (κ3) is 3.23. The molecule has 0 amide bonds. The largest absolute Gasteiger partial charge is 0.394 e. The van der Waals surface area contributed by atoms with Crippen molar-refractivity contribution in [3.8, 4) is 0 Å². The highest BCUT2D eigenvalue weighted by Crippen LogP contribution is 2.14. The molecule has 2 N–H and O–H groups in total. The van der Waals surface area contributed by atoms with Crippen LogP contribution in [0, 0.1) is 6.92 Å². The van der Waals surface area contributed by atoms with Gasteiger partial charge in [0.05, 0.1) is 19.2 Å². The minimum absolute atomic E-state index is 0.0578. The van der Waals surface area contributed by atoms with E-state index in [1.165, 1.54) is 5.56 Å². The summed E-state index contributed by atoms with van der Waals surface area (Å²) in [5, 5.41) is 21.0. The van der Waals surface area contributed by atoms with Gasteiger partial charge < -0.3 is 15.0 Å². The molecule has 5 nitrogen and oxygen atoms in total. The standard InChI is InChI=1S/C15H22N4O/c1-4-12-5-7-13(8-6-12)14(10-20)16-9-15-18-17-11(2)19(15)3/h5-8,14,16,20H,4,9-10H2,1-3H3/t14-/m0/s1. The highest BCUT2D eigenvalue weighted by atomic mass is 16.3. The minimum atomic E-state index is -0.0853. The number of rotatable bonds is 6. The van der Waals surface area contributed by atoms with Gasteiger partial charge in [-0.1, -0.05) is 31.2 Å².